The molecule has 33 heavy (non-hydrogen) atoms. The fourth-order valence-corrected chi connectivity index (χ4v) is 3.60. The minimum atomic E-state index is -3.37. The molecule has 0 radical (unpaired) electrons. The Kier molecular flexibility index (Phi) is 7.67. The number of nitrogens with zero attached hydrogens (tertiary/aromatic N) is 3. The molecule has 0 saturated carbocycles. The van der Waals surface area contributed by atoms with E-state index in [0.29, 0.717) is 24.6 Å². The van der Waals surface area contributed by atoms with Gasteiger partial charge in [-0.2, -0.15) is 10.1 Å². The SMILES string of the molecule is COC[C@H](C)N=C(N=C1CC(c2ccc(F)cc2)=NN1)NC(=O)c1ccc(S(C)(=O)=O)cc1. The summed E-state index contributed by atoms with van der Waals surface area (Å²) >= 11 is 0. The number of hydrogen-bond donors (Lipinski definition) is 2. The van der Waals surface area contributed by atoms with Gasteiger partial charge in [0.2, 0.25) is 5.96 Å². The van der Waals surface area contributed by atoms with Gasteiger partial charge in [0.25, 0.3) is 5.91 Å². The quantitative estimate of drug-likeness (QED) is 0.492. The monoisotopic (exact) mass is 473 g/mol. The van der Waals surface area contributed by atoms with Crippen LogP contribution in [0.15, 0.2) is 68.5 Å². The Bertz CT molecular complexity index is 1210. The summed E-state index contributed by atoms with van der Waals surface area (Å²) in [5, 5.41) is 6.87. The van der Waals surface area contributed by atoms with E-state index in [4.69, 9.17) is 4.74 Å². The van der Waals surface area contributed by atoms with Crippen LogP contribution in [-0.2, 0) is 14.6 Å². The van der Waals surface area contributed by atoms with Crippen LogP contribution in [0.25, 0.3) is 0 Å². The average Bonchev–Trinajstić information content (AvgIpc) is 3.22. The highest BCUT2D eigenvalue weighted by molar-refractivity contribution is 7.90. The number of ether oxygens (including phenoxy) is 1. The lowest BCUT2D eigenvalue weighted by atomic mass is 10.1. The smallest absolute Gasteiger partial charge is 0.258 e. The molecule has 1 aliphatic rings. The first-order valence-corrected chi connectivity index (χ1v) is 11.9. The van der Waals surface area contributed by atoms with Crippen LogP contribution in [0.1, 0.15) is 29.3 Å². The van der Waals surface area contributed by atoms with E-state index in [-0.39, 0.29) is 28.3 Å². The summed E-state index contributed by atoms with van der Waals surface area (Å²) in [7, 11) is -1.83. The highest BCUT2D eigenvalue weighted by atomic mass is 32.2. The summed E-state index contributed by atoms with van der Waals surface area (Å²) in [6.45, 7) is 2.12. The van der Waals surface area contributed by atoms with Crippen molar-refractivity contribution in [3.63, 3.8) is 0 Å². The zero-order valence-electron chi connectivity index (χ0n) is 18.4. The third kappa shape index (κ3) is 6.77. The molecule has 1 amide bonds. The van der Waals surface area contributed by atoms with Crippen molar-refractivity contribution >= 4 is 33.3 Å². The number of sulfone groups is 1. The number of methoxy groups -OCH3 is 1. The third-order valence-electron chi connectivity index (χ3n) is 4.59. The molecular weight excluding hydrogens is 449 g/mol. The largest absolute Gasteiger partial charge is 0.382 e. The van der Waals surface area contributed by atoms with Crippen LogP contribution in [0.2, 0.25) is 0 Å². The number of guanidine groups is 1. The van der Waals surface area contributed by atoms with Crippen molar-refractivity contribution in [3.05, 3.63) is 65.5 Å². The van der Waals surface area contributed by atoms with Crippen molar-refractivity contribution in [3.8, 4) is 0 Å². The van der Waals surface area contributed by atoms with Gasteiger partial charge in [-0.3, -0.25) is 15.5 Å². The van der Waals surface area contributed by atoms with Gasteiger partial charge in [0.1, 0.15) is 11.7 Å². The molecule has 0 fully saturated rings. The maximum Gasteiger partial charge on any atom is 0.258 e. The topological polar surface area (TPSA) is 122 Å². The number of nitrogens with one attached hydrogen (secondary N) is 2. The lowest BCUT2D eigenvalue weighted by Crippen LogP contribution is -2.32. The van der Waals surface area contributed by atoms with Crippen molar-refractivity contribution in [2.75, 3.05) is 20.0 Å². The minimum Gasteiger partial charge on any atom is -0.382 e. The fraction of sp³-hybridized carbons (Fsp3) is 0.273. The number of hydrazone groups is 1. The number of carbonyl (C=O) groups excluding carboxylic acids is 1. The van der Waals surface area contributed by atoms with Gasteiger partial charge in [-0.15, -0.1) is 0 Å². The summed E-state index contributed by atoms with van der Waals surface area (Å²) in [5.74, 6) is -0.339. The zero-order valence-corrected chi connectivity index (χ0v) is 19.2. The van der Waals surface area contributed by atoms with Crippen LogP contribution in [0.5, 0.6) is 0 Å². The fourth-order valence-electron chi connectivity index (χ4n) is 2.97. The van der Waals surface area contributed by atoms with Crippen molar-refractivity contribution in [2.45, 2.75) is 24.3 Å². The van der Waals surface area contributed by atoms with Crippen LogP contribution in [-0.4, -0.2) is 57.8 Å². The molecule has 2 aromatic rings. The number of aliphatic imine (C=N–C) groups is 2. The van der Waals surface area contributed by atoms with Gasteiger partial charge in [0.05, 0.1) is 29.7 Å². The molecule has 0 saturated heterocycles. The molecular formula is C22H24FN5O4S. The van der Waals surface area contributed by atoms with Crippen molar-refractivity contribution in [1.82, 2.24) is 10.7 Å². The molecule has 2 N–H and O–H groups in total. The van der Waals surface area contributed by atoms with E-state index in [9.17, 15) is 17.6 Å². The Morgan fingerprint density at radius 1 is 1.21 bits per heavy atom. The molecule has 1 aliphatic heterocycles. The Balaban J connectivity index is 1.78. The Morgan fingerprint density at radius 2 is 1.88 bits per heavy atom. The van der Waals surface area contributed by atoms with Crippen LogP contribution in [0.3, 0.4) is 0 Å². The third-order valence-corrected chi connectivity index (χ3v) is 5.72. The average molecular weight is 474 g/mol. The van der Waals surface area contributed by atoms with Gasteiger partial charge in [0.15, 0.2) is 9.84 Å². The second-order valence-electron chi connectivity index (χ2n) is 7.42. The molecule has 174 valence electrons. The Morgan fingerprint density at radius 3 is 2.48 bits per heavy atom. The maximum absolute atomic E-state index is 13.2. The normalized spacial score (nSPS) is 16.3. The molecule has 3 rings (SSSR count). The van der Waals surface area contributed by atoms with Gasteiger partial charge in [0, 0.05) is 18.9 Å². The molecule has 2 aromatic carbocycles. The van der Waals surface area contributed by atoms with Gasteiger partial charge < -0.3 is 4.74 Å². The van der Waals surface area contributed by atoms with Crippen molar-refractivity contribution < 1.29 is 22.3 Å². The van der Waals surface area contributed by atoms with Crippen LogP contribution < -0.4 is 10.7 Å². The molecule has 1 atom stereocenters. The van der Waals surface area contributed by atoms with Crippen LogP contribution >= 0.6 is 0 Å². The second kappa shape index (κ2) is 10.5. The summed E-state index contributed by atoms with van der Waals surface area (Å²) in [6.07, 6.45) is 1.43. The van der Waals surface area contributed by atoms with Crippen LogP contribution in [0.4, 0.5) is 4.39 Å². The minimum absolute atomic E-state index is 0.0507. The number of amidine groups is 1. The molecule has 0 aromatic heterocycles. The van der Waals surface area contributed by atoms with Crippen molar-refractivity contribution in [2.24, 2.45) is 15.1 Å². The molecule has 0 unspecified atom stereocenters. The van der Waals surface area contributed by atoms with Gasteiger partial charge in [-0.05, 0) is 48.9 Å². The van der Waals surface area contributed by atoms with Gasteiger partial charge >= 0.3 is 0 Å². The van der Waals surface area contributed by atoms with E-state index in [1.807, 2.05) is 0 Å². The first-order chi connectivity index (χ1) is 15.7. The van der Waals surface area contributed by atoms with E-state index in [1.54, 1.807) is 26.2 Å². The predicted octanol–water partition coefficient (Wildman–Crippen LogP) is 2.15. The van der Waals surface area contributed by atoms with E-state index in [0.717, 1.165) is 11.8 Å². The zero-order chi connectivity index (χ0) is 24.0. The molecule has 9 nitrogen and oxygen atoms in total. The van der Waals surface area contributed by atoms with E-state index in [1.165, 1.54) is 36.4 Å². The van der Waals surface area contributed by atoms with E-state index < -0.39 is 15.7 Å². The molecule has 1 heterocycles. The number of hydrogen-bond acceptors (Lipinski definition) is 6. The lowest BCUT2D eigenvalue weighted by Gasteiger charge is -2.10. The lowest BCUT2D eigenvalue weighted by molar-refractivity contribution is 0.0976. The summed E-state index contributed by atoms with van der Waals surface area (Å²) < 4.78 is 41.5. The number of amides is 1. The molecule has 0 bridgehead atoms. The highest BCUT2D eigenvalue weighted by Gasteiger charge is 2.18. The van der Waals surface area contributed by atoms with E-state index in [2.05, 4.69) is 25.8 Å². The highest BCUT2D eigenvalue weighted by Crippen LogP contribution is 2.12. The number of halogens is 1. The first kappa shape index (κ1) is 24.2. The van der Waals surface area contributed by atoms with Crippen LogP contribution in [0, 0.1) is 5.82 Å². The molecule has 0 aliphatic carbocycles. The number of benzene rings is 2. The molecule has 11 heteroatoms. The van der Waals surface area contributed by atoms with Gasteiger partial charge in [-0.25, -0.2) is 17.8 Å². The Hall–Kier alpha value is -3.44. The second-order valence-corrected chi connectivity index (χ2v) is 9.44. The number of carbonyl (C=O) groups is 1. The predicted molar refractivity (Wildman–Crippen MR) is 124 cm³/mol. The molecule has 0 spiro atoms. The first-order valence-electron chi connectivity index (χ1n) is 10.00. The Labute approximate surface area is 191 Å². The van der Waals surface area contributed by atoms with E-state index >= 15 is 0 Å². The summed E-state index contributed by atoms with van der Waals surface area (Å²) in [6, 6.07) is 11.2. The number of rotatable bonds is 6. The van der Waals surface area contributed by atoms with Crippen molar-refractivity contribution in [1.29, 1.82) is 0 Å². The van der Waals surface area contributed by atoms with Gasteiger partial charge in [-0.1, -0.05) is 12.1 Å². The standard InChI is InChI=1S/C22H24FN5O4S/c1-14(13-32-2)24-22(26-21(29)16-6-10-18(11-7-16)33(3,30)31)25-20-12-19(27-28-20)15-4-8-17(23)9-5-15/h4-11,14H,12-13H2,1-3H3,(H2,24,25,26,28,29)/t14-/m0/s1. The summed E-state index contributed by atoms with van der Waals surface area (Å²) in [4.78, 5) is 21.6. The summed E-state index contributed by atoms with van der Waals surface area (Å²) in [5.41, 5.74) is 4.47. The maximum atomic E-state index is 13.2.